The van der Waals surface area contributed by atoms with Gasteiger partial charge in [0.25, 0.3) is 0 Å². The van der Waals surface area contributed by atoms with Gasteiger partial charge in [-0.1, -0.05) is 29.3 Å². The zero-order valence-electron chi connectivity index (χ0n) is 14.5. The minimum absolute atomic E-state index is 0.0505. The van der Waals surface area contributed by atoms with E-state index < -0.39 is 0 Å². The maximum atomic E-state index is 12.3. The third-order valence-electron chi connectivity index (χ3n) is 3.75. The topological polar surface area (TPSA) is 41.6 Å². The molecule has 0 atom stereocenters. The molecule has 1 N–H and O–H groups in total. The van der Waals surface area contributed by atoms with Crippen molar-refractivity contribution in [2.45, 2.75) is 20.4 Å². The molecule has 0 saturated carbocycles. The molecule has 0 saturated heterocycles. The molecule has 2 rings (SSSR count). The van der Waals surface area contributed by atoms with E-state index in [-0.39, 0.29) is 12.5 Å². The summed E-state index contributed by atoms with van der Waals surface area (Å²) in [7, 11) is 3.52. The van der Waals surface area contributed by atoms with E-state index in [0.29, 0.717) is 11.6 Å². The van der Waals surface area contributed by atoms with Crippen molar-refractivity contribution < 1.29 is 9.53 Å². The molecule has 0 spiro atoms. The third kappa shape index (κ3) is 4.98. The largest absolute Gasteiger partial charge is 0.496 e. The lowest BCUT2D eigenvalue weighted by molar-refractivity contribution is -0.117. The number of nitrogens with one attached hydrogen (secondary N) is 1. The number of carbonyl (C=O) groups excluding carboxylic acids is 1. The van der Waals surface area contributed by atoms with Crippen molar-refractivity contribution in [3.05, 3.63) is 58.1 Å². The number of halogens is 1. The van der Waals surface area contributed by atoms with Gasteiger partial charge in [-0.05, 0) is 50.7 Å². The first-order valence-electron chi connectivity index (χ1n) is 7.77. The summed E-state index contributed by atoms with van der Waals surface area (Å²) in [5.74, 6) is 0.714. The molecule has 0 radical (unpaired) electrons. The molecule has 0 heterocycles. The summed E-state index contributed by atoms with van der Waals surface area (Å²) in [4.78, 5) is 14.2. The Hall–Kier alpha value is -2.04. The minimum atomic E-state index is -0.0505. The molecule has 128 valence electrons. The second kappa shape index (κ2) is 8.18. The van der Waals surface area contributed by atoms with Crippen LogP contribution in [0.3, 0.4) is 0 Å². The molecular formula is C19H23ClN2O2. The molecular weight excluding hydrogens is 324 g/mol. The highest BCUT2D eigenvalue weighted by Crippen LogP contribution is 2.23. The number of likely N-dealkylation sites (N-methyl/N-ethyl adjacent to an activating group) is 1. The molecule has 0 aliphatic heterocycles. The van der Waals surface area contributed by atoms with E-state index in [4.69, 9.17) is 16.3 Å². The van der Waals surface area contributed by atoms with Gasteiger partial charge >= 0.3 is 0 Å². The first kappa shape index (κ1) is 18.3. The SMILES string of the molecule is COc1ccc(Cl)cc1CN(C)CC(=O)Nc1ccc(C)cc1C. The number of rotatable bonds is 6. The molecule has 0 unspecified atom stereocenters. The van der Waals surface area contributed by atoms with E-state index in [2.05, 4.69) is 11.4 Å². The highest BCUT2D eigenvalue weighted by Gasteiger charge is 2.12. The molecule has 0 aliphatic carbocycles. The maximum absolute atomic E-state index is 12.3. The van der Waals surface area contributed by atoms with E-state index in [1.165, 1.54) is 5.56 Å². The van der Waals surface area contributed by atoms with Crippen LogP contribution >= 0.6 is 11.6 Å². The van der Waals surface area contributed by atoms with E-state index in [9.17, 15) is 4.79 Å². The molecule has 0 bridgehead atoms. The number of benzene rings is 2. The minimum Gasteiger partial charge on any atom is -0.496 e. The van der Waals surface area contributed by atoms with Crippen LogP contribution in [0.5, 0.6) is 5.75 Å². The fourth-order valence-electron chi connectivity index (χ4n) is 2.61. The molecule has 0 aliphatic rings. The van der Waals surface area contributed by atoms with Gasteiger partial charge in [0.1, 0.15) is 5.75 Å². The van der Waals surface area contributed by atoms with Crippen molar-refractivity contribution >= 4 is 23.2 Å². The van der Waals surface area contributed by atoms with E-state index in [0.717, 1.165) is 22.6 Å². The van der Waals surface area contributed by atoms with Crippen LogP contribution < -0.4 is 10.1 Å². The average molecular weight is 347 g/mol. The van der Waals surface area contributed by atoms with Gasteiger partial charge in [-0.3, -0.25) is 9.69 Å². The number of methoxy groups -OCH3 is 1. The van der Waals surface area contributed by atoms with Crippen LogP contribution in [0, 0.1) is 13.8 Å². The molecule has 2 aromatic carbocycles. The maximum Gasteiger partial charge on any atom is 0.238 e. The van der Waals surface area contributed by atoms with Crippen molar-refractivity contribution in [3.8, 4) is 5.75 Å². The number of amides is 1. The van der Waals surface area contributed by atoms with Crippen LogP contribution in [0.1, 0.15) is 16.7 Å². The Morgan fingerprint density at radius 3 is 2.62 bits per heavy atom. The van der Waals surface area contributed by atoms with Gasteiger partial charge < -0.3 is 10.1 Å². The lowest BCUT2D eigenvalue weighted by Crippen LogP contribution is -2.30. The van der Waals surface area contributed by atoms with Gasteiger partial charge in [0, 0.05) is 22.8 Å². The Bertz CT molecular complexity index is 731. The van der Waals surface area contributed by atoms with E-state index in [1.54, 1.807) is 13.2 Å². The Morgan fingerprint density at radius 1 is 1.21 bits per heavy atom. The molecule has 1 amide bonds. The van der Waals surface area contributed by atoms with Crippen LogP contribution in [-0.2, 0) is 11.3 Å². The fourth-order valence-corrected chi connectivity index (χ4v) is 2.80. The van der Waals surface area contributed by atoms with Crippen LogP contribution in [0.15, 0.2) is 36.4 Å². The molecule has 24 heavy (non-hydrogen) atoms. The van der Waals surface area contributed by atoms with Crippen LogP contribution in [0.4, 0.5) is 5.69 Å². The first-order chi connectivity index (χ1) is 11.4. The summed E-state index contributed by atoms with van der Waals surface area (Å²) in [6.07, 6.45) is 0. The first-order valence-corrected chi connectivity index (χ1v) is 8.15. The quantitative estimate of drug-likeness (QED) is 0.858. The number of carbonyl (C=O) groups is 1. The van der Waals surface area contributed by atoms with E-state index >= 15 is 0 Å². The Morgan fingerprint density at radius 2 is 1.96 bits per heavy atom. The Labute approximate surface area is 148 Å². The zero-order chi connectivity index (χ0) is 17.7. The van der Waals surface area contributed by atoms with Crippen LogP contribution in [-0.4, -0.2) is 31.5 Å². The van der Waals surface area contributed by atoms with Crippen LogP contribution in [0.25, 0.3) is 0 Å². The Kier molecular flexibility index (Phi) is 6.23. The van der Waals surface area contributed by atoms with Crippen LogP contribution in [0.2, 0.25) is 5.02 Å². The monoisotopic (exact) mass is 346 g/mol. The summed E-state index contributed by atoms with van der Waals surface area (Å²) >= 11 is 6.05. The lowest BCUT2D eigenvalue weighted by Gasteiger charge is -2.18. The lowest BCUT2D eigenvalue weighted by atomic mass is 10.1. The molecule has 2 aromatic rings. The van der Waals surface area contributed by atoms with Gasteiger partial charge in [0.05, 0.1) is 13.7 Å². The molecule has 0 aromatic heterocycles. The number of ether oxygens (including phenoxy) is 1. The summed E-state index contributed by atoms with van der Waals surface area (Å²) in [6.45, 7) is 4.88. The predicted molar refractivity (Wildman–Crippen MR) is 98.9 cm³/mol. The van der Waals surface area contributed by atoms with Gasteiger partial charge in [0.15, 0.2) is 0 Å². The number of nitrogens with zero attached hydrogens (tertiary/aromatic N) is 1. The van der Waals surface area contributed by atoms with Gasteiger partial charge in [-0.15, -0.1) is 0 Å². The standard InChI is InChI=1S/C19H23ClN2O2/c1-13-5-7-17(14(2)9-13)21-19(23)12-22(3)11-15-10-16(20)6-8-18(15)24-4/h5-10H,11-12H2,1-4H3,(H,21,23). The van der Waals surface area contributed by atoms with Crippen molar-refractivity contribution in [2.75, 3.05) is 26.0 Å². The van der Waals surface area contributed by atoms with Gasteiger partial charge in [-0.25, -0.2) is 0 Å². The second-order valence-electron chi connectivity index (χ2n) is 6.00. The van der Waals surface area contributed by atoms with Gasteiger partial charge in [-0.2, -0.15) is 0 Å². The number of aryl methyl sites for hydroxylation is 2. The fraction of sp³-hybridized carbons (Fsp3) is 0.316. The molecule has 4 nitrogen and oxygen atoms in total. The van der Waals surface area contributed by atoms with Gasteiger partial charge in [0.2, 0.25) is 5.91 Å². The molecule has 5 heteroatoms. The van der Waals surface area contributed by atoms with Crippen molar-refractivity contribution in [1.82, 2.24) is 4.90 Å². The summed E-state index contributed by atoms with van der Waals surface area (Å²) in [5, 5.41) is 3.61. The number of anilines is 1. The van der Waals surface area contributed by atoms with Crippen molar-refractivity contribution in [2.24, 2.45) is 0 Å². The smallest absolute Gasteiger partial charge is 0.238 e. The zero-order valence-corrected chi connectivity index (χ0v) is 15.3. The van der Waals surface area contributed by atoms with Crippen molar-refractivity contribution in [1.29, 1.82) is 0 Å². The summed E-state index contributed by atoms with van der Waals surface area (Å²) in [5.41, 5.74) is 4.03. The Balaban J connectivity index is 1.98. The predicted octanol–water partition coefficient (Wildman–Crippen LogP) is 4.04. The number of hydrogen-bond donors (Lipinski definition) is 1. The van der Waals surface area contributed by atoms with Crippen molar-refractivity contribution in [3.63, 3.8) is 0 Å². The second-order valence-corrected chi connectivity index (χ2v) is 6.43. The summed E-state index contributed by atoms with van der Waals surface area (Å²) < 4.78 is 5.34. The molecule has 0 fully saturated rings. The highest BCUT2D eigenvalue weighted by atomic mass is 35.5. The third-order valence-corrected chi connectivity index (χ3v) is 3.99. The highest BCUT2D eigenvalue weighted by molar-refractivity contribution is 6.30. The average Bonchev–Trinajstić information content (AvgIpc) is 2.50. The van der Waals surface area contributed by atoms with E-state index in [1.807, 2.05) is 50.1 Å². The number of hydrogen-bond acceptors (Lipinski definition) is 3. The normalized spacial score (nSPS) is 10.8. The summed E-state index contributed by atoms with van der Waals surface area (Å²) in [6, 6.07) is 11.5.